The number of hydrogen-bond acceptors (Lipinski definition) is 4. The molecule has 0 aliphatic rings. The van der Waals surface area contributed by atoms with E-state index in [9.17, 15) is 13.6 Å². The molecule has 134 valence electrons. The van der Waals surface area contributed by atoms with Gasteiger partial charge in [0.1, 0.15) is 11.8 Å². The first-order valence-electron chi connectivity index (χ1n) is 7.95. The Morgan fingerprint density at radius 2 is 1.76 bits per heavy atom. The van der Waals surface area contributed by atoms with Crippen LogP contribution < -0.4 is 10.1 Å². The third-order valence-corrected chi connectivity index (χ3v) is 3.71. The zero-order chi connectivity index (χ0) is 18.3. The highest BCUT2D eigenvalue weighted by molar-refractivity contribution is 5.79. The Bertz CT molecular complexity index is 675. The molecule has 2 rings (SSSR count). The van der Waals surface area contributed by atoms with E-state index in [0.29, 0.717) is 5.75 Å². The van der Waals surface area contributed by atoms with Gasteiger partial charge in [0.25, 0.3) is 0 Å². The maximum Gasteiger partial charge on any atom is 0.379 e. The largest absolute Gasteiger partial charge is 0.497 e. The van der Waals surface area contributed by atoms with Crippen LogP contribution in [0.15, 0.2) is 54.6 Å². The predicted octanol–water partition coefficient (Wildman–Crippen LogP) is 3.72. The van der Waals surface area contributed by atoms with E-state index in [4.69, 9.17) is 4.74 Å². The van der Waals surface area contributed by atoms with E-state index in [1.165, 1.54) is 26.2 Å². The van der Waals surface area contributed by atoms with Crippen molar-refractivity contribution in [2.45, 2.75) is 25.4 Å². The summed E-state index contributed by atoms with van der Waals surface area (Å²) in [5, 5.41) is 2.78. The summed E-state index contributed by atoms with van der Waals surface area (Å²) in [7, 11) is 1.49. The highest BCUT2D eigenvalue weighted by Crippen LogP contribution is 2.34. The van der Waals surface area contributed by atoms with E-state index in [-0.39, 0.29) is 18.7 Å². The first-order chi connectivity index (χ1) is 12.0. The molecule has 2 aromatic rings. The van der Waals surface area contributed by atoms with Crippen molar-refractivity contribution in [1.29, 1.82) is 0 Å². The molecule has 0 radical (unpaired) electrons. The summed E-state index contributed by atoms with van der Waals surface area (Å²) < 4.78 is 38.9. The number of benzene rings is 2. The maximum atomic E-state index is 14.7. The van der Waals surface area contributed by atoms with Crippen LogP contribution in [0.1, 0.15) is 24.1 Å². The van der Waals surface area contributed by atoms with Crippen LogP contribution in [0.5, 0.6) is 5.75 Å². The number of rotatable bonds is 8. The average molecular weight is 349 g/mol. The van der Waals surface area contributed by atoms with Crippen molar-refractivity contribution in [2.75, 3.05) is 13.7 Å². The van der Waals surface area contributed by atoms with Gasteiger partial charge in [0.15, 0.2) is 0 Å². The van der Waals surface area contributed by atoms with Gasteiger partial charge < -0.3 is 14.8 Å². The number of halogens is 2. The second-order valence-corrected chi connectivity index (χ2v) is 5.42. The topological polar surface area (TPSA) is 47.6 Å². The molecule has 0 heterocycles. The van der Waals surface area contributed by atoms with Gasteiger partial charge in [0.05, 0.1) is 13.7 Å². The molecule has 0 aliphatic heterocycles. The van der Waals surface area contributed by atoms with Crippen LogP contribution in [0.2, 0.25) is 0 Å². The van der Waals surface area contributed by atoms with Crippen molar-refractivity contribution in [3.8, 4) is 5.75 Å². The van der Waals surface area contributed by atoms with Crippen LogP contribution in [0.4, 0.5) is 8.78 Å². The lowest BCUT2D eigenvalue weighted by atomic mass is 9.99. The van der Waals surface area contributed by atoms with Gasteiger partial charge in [-0.1, -0.05) is 42.5 Å². The zero-order valence-electron chi connectivity index (χ0n) is 14.2. The van der Waals surface area contributed by atoms with Crippen molar-refractivity contribution < 1.29 is 23.0 Å². The molecule has 2 aromatic carbocycles. The monoisotopic (exact) mass is 349 g/mol. The van der Waals surface area contributed by atoms with Gasteiger partial charge in [-0.15, -0.1) is 0 Å². The van der Waals surface area contributed by atoms with Gasteiger partial charge in [-0.25, -0.2) is 4.79 Å². The lowest BCUT2D eigenvalue weighted by Gasteiger charge is -2.26. The van der Waals surface area contributed by atoms with E-state index < -0.39 is 17.9 Å². The van der Waals surface area contributed by atoms with Crippen molar-refractivity contribution in [1.82, 2.24) is 5.32 Å². The lowest BCUT2D eigenvalue weighted by Crippen LogP contribution is -2.44. The predicted molar refractivity (Wildman–Crippen MR) is 90.6 cm³/mol. The molecular formula is C19H21F2NO3. The second kappa shape index (κ2) is 8.58. The summed E-state index contributed by atoms with van der Waals surface area (Å²) >= 11 is 0. The third kappa shape index (κ3) is 4.76. The minimum absolute atomic E-state index is 0.109. The summed E-state index contributed by atoms with van der Waals surface area (Å²) in [5.41, 5.74) is 1.11. The second-order valence-electron chi connectivity index (χ2n) is 5.42. The molecular weight excluding hydrogens is 328 g/mol. The van der Waals surface area contributed by atoms with E-state index >= 15 is 0 Å². The summed E-state index contributed by atoms with van der Waals surface area (Å²) in [6.07, 6.45) is 0. The number of methoxy groups -OCH3 is 1. The number of carbonyl (C=O) groups excluding carboxylic acids is 1. The molecule has 4 nitrogen and oxygen atoms in total. The van der Waals surface area contributed by atoms with Gasteiger partial charge >= 0.3 is 11.9 Å². The number of carbonyl (C=O) groups is 1. The van der Waals surface area contributed by atoms with Gasteiger partial charge in [0, 0.05) is 6.54 Å². The summed E-state index contributed by atoms with van der Waals surface area (Å²) in [4.78, 5) is 11.8. The molecule has 0 aliphatic carbocycles. The minimum atomic E-state index is -3.71. The molecule has 0 fully saturated rings. The molecule has 0 saturated heterocycles. The van der Waals surface area contributed by atoms with Gasteiger partial charge in [-0.05, 0) is 30.2 Å². The summed E-state index contributed by atoms with van der Waals surface area (Å²) in [5.74, 6) is -4.71. The Balaban J connectivity index is 2.27. The van der Waals surface area contributed by atoms with Crippen molar-refractivity contribution in [3.63, 3.8) is 0 Å². The first-order valence-corrected chi connectivity index (χ1v) is 7.95. The van der Waals surface area contributed by atoms with E-state index in [0.717, 1.165) is 5.56 Å². The van der Waals surface area contributed by atoms with Crippen LogP contribution in [-0.2, 0) is 16.1 Å². The normalized spacial score (nSPS) is 12.5. The van der Waals surface area contributed by atoms with E-state index in [1.807, 2.05) is 30.3 Å². The number of ether oxygens (including phenoxy) is 2. The Hall–Kier alpha value is -2.47. The van der Waals surface area contributed by atoms with Gasteiger partial charge in [0.2, 0.25) is 0 Å². The molecule has 1 atom stereocenters. The Labute approximate surface area is 145 Å². The third-order valence-electron chi connectivity index (χ3n) is 3.71. The zero-order valence-corrected chi connectivity index (χ0v) is 14.2. The van der Waals surface area contributed by atoms with Gasteiger partial charge in [-0.3, -0.25) is 0 Å². The molecule has 6 heteroatoms. The molecule has 0 spiro atoms. The Morgan fingerprint density at radius 3 is 2.32 bits per heavy atom. The molecule has 0 bridgehead atoms. The highest BCUT2D eigenvalue weighted by Gasteiger charge is 2.49. The fraction of sp³-hybridized carbons (Fsp3) is 0.316. The Kier molecular flexibility index (Phi) is 6.47. The molecule has 0 amide bonds. The van der Waals surface area contributed by atoms with Crippen LogP contribution in [0.25, 0.3) is 0 Å². The maximum absolute atomic E-state index is 14.7. The van der Waals surface area contributed by atoms with E-state index in [1.54, 1.807) is 12.1 Å². The summed E-state index contributed by atoms with van der Waals surface area (Å²) in [6, 6.07) is 13.8. The Morgan fingerprint density at radius 1 is 1.12 bits per heavy atom. The van der Waals surface area contributed by atoms with Crippen molar-refractivity contribution in [2.24, 2.45) is 0 Å². The lowest BCUT2D eigenvalue weighted by molar-refractivity contribution is -0.176. The number of nitrogens with one attached hydrogen (secondary N) is 1. The average Bonchev–Trinajstić information content (AvgIpc) is 2.63. The van der Waals surface area contributed by atoms with Crippen molar-refractivity contribution in [3.05, 3.63) is 65.7 Å². The number of alkyl halides is 2. The quantitative estimate of drug-likeness (QED) is 0.738. The van der Waals surface area contributed by atoms with Gasteiger partial charge in [-0.2, -0.15) is 8.78 Å². The van der Waals surface area contributed by atoms with Crippen LogP contribution in [0.3, 0.4) is 0 Å². The first kappa shape index (κ1) is 18.9. The standard InChI is InChI=1S/C19H21F2NO3/c1-3-25-18(23)19(20,21)17(15-9-11-16(24-2)12-10-15)22-13-14-7-5-4-6-8-14/h4-12,17,22H,3,13H2,1-2H3. The summed E-state index contributed by atoms with van der Waals surface area (Å²) in [6.45, 7) is 1.57. The molecule has 0 saturated carbocycles. The fourth-order valence-electron chi connectivity index (χ4n) is 2.41. The number of hydrogen-bond donors (Lipinski definition) is 1. The molecule has 1 N–H and O–H groups in total. The molecule has 0 aromatic heterocycles. The SMILES string of the molecule is CCOC(=O)C(F)(F)C(NCc1ccccc1)c1ccc(OC)cc1. The smallest absolute Gasteiger partial charge is 0.379 e. The minimum Gasteiger partial charge on any atom is -0.497 e. The highest BCUT2D eigenvalue weighted by atomic mass is 19.3. The van der Waals surface area contributed by atoms with E-state index in [2.05, 4.69) is 10.1 Å². The van der Waals surface area contributed by atoms with Crippen LogP contribution in [-0.4, -0.2) is 25.6 Å². The molecule has 1 unspecified atom stereocenters. The van der Waals surface area contributed by atoms with Crippen LogP contribution >= 0.6 is 0 Å². The van der Waals surface area contributed by atoms with Crippen molar-refractivity contribution >= 4 is 5.97 Å². The number of esters is 1. The van der Waals surface area contributed by atoms with Crippen LogP contribution in [0, 0.1) is 0 Å². The fourth-order valence-corrected chi connectivity index (χ4v) is 2.41. The molecule has 25 heavy (non-hydrogen) atoms.